The molecule has 0 spiro atoms. The first-order valence-electron chi connectivity index (χ1n) is 16.2. The largest absolute Gasteiger partial charge is 0.453 e. The van der Waals surface area contributed by atoms with Gasteiger partial charge in [-0.05, 0) is 70.1 Å². The number of para-hydroxylation sites is 2. The molecule has 0 radical (unpaired) electrons. The lowest BCUT2D eigenvalue weighted by Crippen LogP contribution is -2.21. The van der Waals surface area contributed by atoms with Gasteiger partial charge >= 0.3 is 0 Å². The fourth-order valence-electron chi connectivity index (χ4n) is 8.61. The number of nitrogens with zero attached hydrogens (tertiary/aromatic N) is 2. The summed E-state index contributed by atoms with van der Waals surface area (Å²) in [5.74, 6) is 3.32. The molecule has 0 amide bonds. The Balaban J connectivity index is 1.31. The van der Waals surface area contributed by atoms with Crippen molar-refractivity contribution in [2.24, 2.45) is 0 Å². The van der Waals surface area contributed by atoms with Gasteiger partial charge in [-0.2, -0.15) is 0 Å². The number of anilines is 3. The molecule has 8 aromatic rings. The third kappa shape index (κ3) is 3.08. The SMILES string of the molecule is CC1(C)c2ccccc2-c2cccc(N(c3cccc4ccccc34)c3ccc4c5c3c3cccc6c3n5-c3c(cccc3O4)O6)c21. The number of hydrogen-bond donors (Lipinski definition) is 0. The molecular weight excluding hydrogens is 576 g/mol. The van der Waals surface area contributed by atoms with Crippen LogP contribution in [0, 0.1) is 0 Å². The van der Waals surface area contributed by atoms with E-state index in [2.05, 4.69) is 139 Å². The Labute approximate surface area is 271 Å². The molecule has 222 valence electrons. The van der Waals surface area contributed by atoms with Gasteiger partial charge in [0.2, 0.25) is 0 Å². The lowest BCUT2D eigenvalue weighted by molar-refractivity contribution is 0.444. The molecule has 47 heavy (non-hydrogen) atoms. The van der Waals surface area contributed by atoms with Crippen LogP contribution >= 0.6 is 0 Å². The molecule has 0 fully saturated rings. The van der Waals surface area contributed by atoms with Crippen LogP contribution in [0.25, 0.3) is 49.4 Å². The normalized spacial score (nSPS) is 14.3. The minimum absolute atomic E-state index is 0.204. The lowest BCUT2D eigenvalue weighted by atomic mass is 9.81. The molecule has 1 aliphatic carbocycles. The third-order valence-electron chi connectivity index (χ3n) is 10.5. The minimum atomic E-state index is -0.204. The van der Waals surface area contributed by atoms with Gasteiger partial charge in [0.25, 0.3) is 0 Å². The quantitative estimate of drug-likeness (QED) is 0.201. The summed E-state index contributed by atoms with van der Waals surface area (Å²) in [7, 11) is 0. The van der Waals surface area contributed by atoms with Crippen LogP contribution in [0.5, 0.6) is 23.0 Å². The van der Waals surface area contributed by atoms with Gasteiger partial charge in [0.1, 0.15) is 5.69 Å². The smallest absolute Gasteiger partial charge is 0.155 e. The zero-order chi connectivity index (χ0) is 31.0. The predicted octanol–water partition coefficient (Wildman–Crippen LogP) is 11.9. The average molecular weight is 605 g/mol. The van der Waals surface area contributed by atoms with Crippen LogP contribution in [0.2, 0.25) is 0 Å². The van der Waals surface area contributed by atoms with E-state index >= 15 is 0 Å². The zero-order valence-electron chi connectivity index (χ0n) is 25.9. The van der Waals surface area contributed by atoms with Crippen LogP contribution in [0.3, 0.4) is 0 Å². The lowest BCUT2D eigenvalue weighted by Gasteiger charge is -2.33. The Morgan fingerprint density at radius 2 is 1.15 bits per heavy atom. The molecule has 3 heterocycles. The zero-order valence-corrected chi connectivity index (χ0v) is 25.9. The van der Waals surface area contributed by atoms with Gasteiger partial charge in [-0.3, -0.25) is 4.57 Å². The Morgan fingerprint density at radius 1 is 0.511 bits per heavy atom. The van der Waals surface area contributed by atoms with Crippen LogP contribution in [0.4, 0.5) is 17.1 Å². The van der Waals surface area contributed by atoms with E-state index in [9.17, 15) is 0 Å². The molecule has 0 bridgehead atoms. The van der Waals surface area contributed by atoms with Crippen molar-refractivity contribution in [2.45, 2.75) is 19.3 Å². The maximum atomic E-state index is 6.64. The van der Waals surface area contributed by atoms with Crippen molar-refractivity contribution in [3.63, 3.8) is 0 Å². The number of benzene rings is 7. The highest BCUT2D eigenvalue weighted by molar-refractivity contribution is 6.21. The van der Waals surface area contributed by atoms with Gasteiger partial charge in [0, 0.05) is 21.6 Å². The Kier molecular flexibility index (Phi) is 4.63. The fourth-order valence-corrected chi connectivity index (χ4v) is 8.61. The average Bonchev–Trinajstić information content (AvgIpc) is 3.58. The summed E-state index contributed by atoms with van der Waals surface area (Å²) >= 11 is 0. The third-order valence-corrected chi connectivity index (χ3v) is 10.5. The Hall–Kier alpha value is -6.00. The molecule has 4 heteroatoms. The second-order valence-corrected chi connectivity index (χ2v) is 13.3. The summed E-state index contributed by atoms with van der Waals surface area (Å²) in [6, 6.07) is 47.9. The number of fused-ring (bicyclic) bond motifs is 5. The molecule has 11 rings (SSSR count). The molecule has 3 aliphatic rings. The number of ether oxygens (including phenoxy) is 2. The van der Waals surface area contributed by atoms with Gasteiger partial charge in [0.15, 0.2) is 23.0 Å². The topological polar surface area (TPSA) is 26.6 Å². The second-order valence-electron chi connectivity index (χ2n) is 13.3. The van der Waals surface area contributed by atoms with E-state index in [0.717, 1.165) is 61.9 Å². The highest BCUT2D eigenvalue weighted by Gasteiger charge is 2.40. The molecule has 2 aliphatic heterocycles. The molecule has 0 saturated carbocycles. The molecule has 0 atom stereocenters. The molecular formula is C43H28N2O2. The Bertz CT molecular complexity index is 2660. The molecule has 0 N–H and O–H groups in total. The summed E-state index contributed by atoms with van der Waals surface area (Å²) in [5, 5.41) is 4.69. The predicted molar refractivity (Wildman–Crippen MR) is 191 cm³/mol. The van der Waals surface area contributed by atoms with E-state index in [4.69, 9.17) is 9.47 Å². The van der Waals surface area contributed by atoms with Crippen LogP contribution in [0.15, 0.2) is 133 Å². The van der Waals surface area contributed by atoms with Crippen LogP contribution < -0.4 is 14.4 Å². The molecule has 4 nitrogen and oxygen atoms in total. The first-order valence-corrected chi connectivity index (χ1v) is 16.2. The van der Waals surface area contributed by atoms with Gasteiger partial charge in [0.05, 0.1) is 28.1 Å². The van der Waals surface area contributed by atoms with Crippen molar-refractivity contribution in [1.29, 1.82) is 0 Å². The standard InChI is InChI=1S/C43H28N2O2/c1-43(2)30-17-6-5-14-27(30)28-15-8-19-33(39(28)43)44(31-18-7-12-25-11-3-4-13-26(25)31)32-23-24-37-42-38(32)29-16-9-20-34-40(29)45(42)41-35(46-34)21-10-22-36(41)47-37/h3-24H,1-2H3. The van der Waals surface area contributed by atoms with Gasteiger partial charge in [-0.1, -0.05) is 105 Å². The fraction of sp³-hybridized carbons (Fsp3) is 0.0698. The van der Waals surface area contributed by atoms with Crippen molar-refractivity contribution < 1.29 is 9.47 Å². The van der Waals surface area contributed by atoms with Gasteiger partial charge in [-0.15, -0.1) is 0 Å². The maximum absolute atomic E-state index is 6.64. The number of hydrogen-bond acceptors (Lipinski definition) is 3. The monoisotopic (exact) mass is 604 g/mol. The van der Waals surface area contributed by atoms with Crippen molar-refractivity contribution >= 4 is 49.6 Å². The summed E-state index contributed by atoms with van der Waals surface area (Å²) in [6.07, 6.45) is 0. The first-order chi connectivity index (χ1) is 23.1. The van der Waals surface area contributed by atoms with Crippen molar-refractivity contribution in [3.8, 4) is 39.8 Å². The first kappa shape index (κ1) is 25.2. The highest BCUT2D eigenvalue weighted by Crippen LogP contribution is 2.59. The van der Waals surface area contributed by atoms with Crippen LogP contribution in [-0.4, -0.2) is 4.57 Å². The molecule has 0 saturated heterocycles. The number of aromatic nitrogens is 1. The van der Waals surface area contributed by atoms with Gasteiger partial charge in [-0.25, -0.2) is 0 Å². The minimum Gasteiger partial charge on any atom is -0.453 e. The molecule has 7 aromatic carbocycles. The van der Waals surface area contributed by atoms with E-state index in [1.165, 1.54) is 38.7 Å². The molecule has 0 unspecified atom stereocenters. The summed E-state index contributed by atoms with van der Waals surface area (Å²) < 4.78 is 15.5. The van der Waals surface area contributed by atoms with Crippen LogP contribution in [0.1, 0.15) is 25.0 Å². The van der Waals surface area contributed by atoms with Crippen molar-refractivity contribution in [2.75, 3.05) is 4.90 Å². The highest BCUT2D eigenvalue weighted by atomic mass is 16.5. The van der Waals surface area contributed by atoms with Gasteiger partial charge < -0.3 is 14.4 Å². The van der Waals surface area contributed by atoms with E-state index in [1.807, 2.05) is 18.2 Å². The summed E-state index contributed by atoms with van der Waals surface area (Å²) in [4.78, 5) is 2.50. The second kappa shape index (κ2) is 8.62. The number of rotatable bonds is 3. The van der Waals surface area contributed by atoms with Crippen molar-refractivity contribution in [3.05, 3.63) is 145 Å². The Morgan fingerprint density at radius 3 is 2.04 bits per heavy atom. The van der Waals surface area contributed by atoms with E-state index in [1.54, 1.807) is 0 Å². The van der Waals surface area contributed by atoms with E-state index in [-0.39, 0.29) is 5.41 Å². The maximum Gasteiger partial charge on any atom is 0.155 e. The summed E-state index contributed by atoms with van der Waals surface area (Å²) in [6.45, 7) is 4.73. The summed E-state index contributed by atoms with van der Waals surface area (Å²) in [5.41, 5.74) is 11.6. The van der Waals surface area contributed by atoms with Crippen molar-refractivity contribution in [1.82, 2.24) is 4.57 Å². The van der Waals surface area contributed by atoms with E-state index in [0.29, 0.717) is 0 Å². The van der Waals surface area contributed by atoms with Crippen LogP contribution in [-0.2, 0) is 5.41 Å². The van der Waals surface area contributed by atoms with E-state index < -0.39 is 0 Å². The molecule has 1 aromatic heterocycles.